The highest BCUT2D eigenvalue weighted by atomic mass is 16.5. The van der Waals surface area contributed by atoms with E-state index < -0.39 is 11.9 Å². The quantitative estimate of drug-likeness (QED) is 0.151. The maximum atomic E-state index is 11.5. The number of allylic oxidation sites excluding steroid dienone is 1. The molecule has 0 radical (unpaired) electrons. The Balaban J connectivity index is 3.61. The molecular weight excluding hydrogens is 328 g/mol. The predicted octanol–water partition coefficient (Wildman–Crippen LogP) is 5.76. The van der Waals surface area contributed by atoms with Gasteiger partial charge in [0.25, 0.3) is 0 Å². The standard InChI is InChI=1S/C22H38O4/c1-4-6-7-8-9-10-11-12-13-14-18-25-21(23)16-17-22(24)26-19-20(3)15-5-2/h13-14,16-17,20H,4-12,15,18-19H2,1-3H3/b14-13+,17-16+. The van der Waals surface area contributed by atoms with Crippen LogP contribution in [-0.4, -0.2) is 25.2 Å². The molecule has 0 aromatic carbocycles. The van der Waals surface area contributed by atoms with Crippen molar-refractivity contribution in [3.05, 3.63) is 24.3 Å². The fourth-order valence-electron chi connectivity index (χ4n) is 2.57. The predicted molar refractivity (Wildman–Crippen MR) is 107 cm³/mol. The molecule has 0 aromatic heterocycles. The van der Waals surface area contributed by atoms with E-state index in [2.05, 4.69) is 13.8 Å². The second-order valence-corrected chi connectivity index (χ2v) is 6.87. The van der Waals surface area contributed by atoms with Crippen LogP contribution in [0, 0.1) is 5.92 Å². The van der Waals surface area contributed by atoms with Crippen molar-refractivity contribution in [3.8, 4) is 0 Å². The summed E-state index contributed by atoms with van der Waals surface area (Å²) in [5.41, 5.74) is 0. The molecule has 0 N–H and O–H groups in total. The zero-order chi connectivity index (χ0) is 19.5. The number of unbranched alkanes of at least 4 members (excludes halogenated alkanes) is 7. The Morgan fingerprint density at radius 2 is 1.42 bits per heavy atom. The van der Waals surface area contributed by atoms with E-state index in [1.807, 2.05) is 19.1 Å². The molecule has 0 aliphatic rings. The molecule has 4 nitrogen and oxygen atoms in total. The first kappa shape index (κ1) is 24.4. The molecule has 26 heavy (non-hydrogen) atoms. The van der Waals surface area contributed by atoms with E-state index in [1.165, 1.54) is 44.9 Å². The normalized spacial score (nSPS) is 12.6. The highest BCUT2D eigenvalue weighted by Crippen LogP contribution is 2.08. The van der Waals surface area contributed by atoms with Crippen LogP contribution in [0.3, 0.4) is 0 Å². The minimum absolute atomic E-state index is 0.238. The Morgan fingerprint density at radius 3 is 2.08 bits per heavy atom. The molecule has 0 saturated heterocycles. The molecule has 0 bridgehead atoms. The molecule has 0 amide bonds. The van der Waals surface area contributed by atoms with Crippen LogP contribution in [-0.2, 0) is 19.1 Å². The third-order valence-electron chi connectivity index (χ3n) is 4.11. The summed E-state index contributed by atoms with van der Waals surface area (Å²) in [6.07, 6.45) is 18.3. The number of carbonyl (C=O) groups excluding carboxylic acids is 2. The number of hydrogen-bond donors (Lipinski definition) is 0. The minimum Gasteiger partial charge on any atom is -0.462 e. The highest BCUT2D eigenvalue weighted by molar-refractivity contribution is 5.91. The van der Waals surface area contributed by atoms with Crippen LogP contribution in [0.25, 0.3) is 0 Å². The maximum Gasteiger partial charge on any atom is 0.331 e. The van der Waals surface area contributed by atoms with Gasteiger partial charge in [0.15, 0.2) is 0 Å². The number of carbonyl (C=O) groups is 2. The Labute approximate surface area is 160 Å². The smallest absolute Gasteiger partial charge is 0.331 e. The lowest BCUT2D eigenvalue weighted by Gasteiger charge is -2.08. The zero-order valence-electron chi connectivity index (χ0n) is 17.0. The number of rotatable bonds is 16. The number of hydrogen-bond acceptors (Lipinski definition) is 4. The van der Waals surface area contributed by atoms with E-state index in [9.17, 15) is 9.59 Å². The summed E-state index contributed by atoms with van der Waals surface area (Å²) >= 11 is 0. The van der Waals surface area contributed by atoms with Crippen LogP contribution < -0.4 is 0 Å². The summed E-state index contributed by atoms with van der Waals surface area (Å²) in [5, 5.41) is 0. The second-order valence-electron chi connectivity index (χ2n) is 6.87. The van der Waals surface area contributed by atoms with E-state index in [0.717, 1.165) is 31.4 Å². The van der Waals surface area contributed by atoms with Crippen molar-refractivity contribution in [1.82, 2.24) is 0 Å². The van der Waals surface area contributed by atoms with Crippen molar-refractivity contribution >= 4 is 11.9 Å². The van der Waals surface area contributed by atoms with Gasteiger partial charge in [-0.15, -0.1) is 0 Å². The van der Waals surface area contributed by atoms with E-state index in [-0.39, 0.29) is 6.61 Å². The van der Waals surface area contributed by atoms with Crippen LogP contribution in [0.2, 0.25) is 0 Å². The van der Waals surface area contributed by atoms with E-state index in [1.54, 1.807) is 0 Å². The molecule has 150 valence electrons. The van der Waals surface area contributed by atoms with Crippen molar-refractivity contribution in [2.24, 2.45) is 5.92 Å². The van der Waals surface area contributed by atoms with Crippen molar-refractivity contribution in [3.63, 3.8) is 0 Å². The minimum atomic E-state index is -0.524. The lowest BCUT2D eigenvalue weighted by Crippen LogP contribution is -2.10. The second kappa shape index (κ2) is 18.2. The van der Waals surface area contributed by atoms with Gasteiger partial charge in [-0.3, -0.25) is 0 Å². The first-order valence-electron chi connectivity index (χ1n) is 10.3. The van der Waals surface area contributed by atoms with Crippen molar-refractivity contribution in [1.29, 1.82) is 0 Å². The molecule has 0 fully saturated rings. The van der Waals surface area contributed by atoms with Gasteiger partial charge in [0.05, 0.1) is 6.61 Å². The topological polar surface area (TPSA) is 52.6 Å². The van der Waals surface area contributed by atoms with Crippen molar-refractivity contribution in [2.75, 3.05) is 13.2 Å². The molecule has 0 saturated carbocycles. The maximum absolute atomic E-state index is 11.5. The number of esters is 2. The monoisotopic (exact) mass is 366 g/mol. The number of ether oxygens (including phenoxy) is 2. The molecule has 0 rings (SSSR count). The lowest BCUT2D eigenvalue weighted by molar-refractivity contribution is -0.140. The Bertz CT molecular complexity index is 412. The molecule has 0 aliphatic heterocycles. The summed E-state index contributed by atoms with van der Waals surface area (Å²) in [5.74, 6) is -0.686. The fourth-order valence-corrected chi connectivity index (χ4v) is 2.57. The van der Waals surface area contributed by atoms with Gasteiger partial charge in [0.1, 0.15) is 6.61 Å². The van der Waals surface area contributed by atoms with Crippen LogP contribution in [0.4, 0.5) is 0 Å². The SMILES string of the molecule is CCCCCCCCC/C=C/COC(=O)/C=C/C(=O)OCC(C)CCC. The fraction of sp³-hybridized carbons (Fsp3) is 0.727. The van der Waals surface area contributed by atoms with E-state index >= 15 is 0 Å². The van der Waals surface area contributed by atoms with Gasteiger partial charge < -0.3 is 9.47 Å². The van der Waals surface area contributed by atoms with Gasteiger partial charge in [0, 0.05) is 12.2 Å². The third-order valence-corrected chi connectivity index (χ3v) is 4.11. The third kappa shape index (κ3) is 17.2. The Kier molecular flexibility index (Phi) is 17.1. The van der Waals surface area contributed by atoms with Gasteiger partial charge in [-0.25, -0.2) is 9.59 Å². The van der Waals surface area contributed by atoms with Crippen LogP contribution in [0.1, 0.15) is 85.0 Å². The molecule has 0 aromatic rings. The summed E-state index contributed by atoms with van der Waals surface area (Å²) in [6, 6.07) is 0. The molecule has 4 heteroatoms. The van der Waals surface area contributed by atoms with Crippen LogP contribution in [0.5, 0.6) is 0 Å². The van der Waals surface area contributed by atoms with Gasteiger partial charge in [0.2, 0.25) is 0 Å². The summed E-state index contributed by atoms with van der Waals surface area (Å²) in [4.78, 5) is 23.0. The molecule has 0 aliphatic carbocycles. The summed E-state index contributed by atoms with van der Waals surface area (Å²) in [6.45, 7) is 6.98. The van der Waals surface area contributed by atoms with Gasteiger partial charge in [-0.05, 0) is 25.2 Å². The summed E-state index contributed by atoms with van der Waals surface area (Å²) < 4.78 is 10.1. The molecule has 1 atom stereocenters. The van der Waals surface area contributed by atoms with Crippen molar-refractivity contribution in [2.45, 2.75) is 85.0 Å². The van der Waals surface area contributed by atoms with Crippen molar-refractivity contribution < 1.29 is 19.1 Å². The first-order chi connectivity index (χ1) is 12.6. The van der Waals surface area contributed by atoms with E-state index in [4.69, 9.17) is 9.47 Å². The zero-order valence-corrected chi connectivity index (χ0v) is 17.0. The van der Waals surface area contributed by atoms with Gasteiger partial charge >= 0.3 is 11.9 Å². The molecule has 1 unspecified atom stereocenters. The average Bonchev–Trinajstić information content (AvgIpc) is 2.63. The Morgan fingerprint density at radius 1 is 0.808 bits per heavy atom. The summed E-state index contributed by atoms with van der Waals surface area (Å²) in [7, 11) is 0. The van der Waals surface area contributed by atoms with Crippen LogP contribution in [0.15, 0.2) is 24.3 Å². The molecular formula is C22H38O4. The average molecular weight is 367 g/mol. The Hall–Kier alpha value is -1.58. The lowest BCUT2D eigenvalue weighted by atomic mass is 10.1. The van der Waals surface area contributed by atoms with Gasteiger partial charge in [-0.1, -0.05) is 77.9 Å². The van der Waals surface area contributed by atoms with E-state index in [0.29, 0.717) is 12.5 Å². The van der Waals surface area contributed by atoms with Gasteiger partial charge in [-0.2, -0.15) is 0 Å². The van der Waals surface area contributed by atoms with Crippen LogP contribution >= 0.6 is 0 Å². The molecule has 0 spiro atoms. The first-order valence-corrected chi connectivity index (χ1v) is 10.3. The molecule has 0 heterocycles. The largest absolute Gasteiger partial charge is 0.462 e. The highest BCUT2D eigenvalue weighted by Gasteiger charge is 2.05.